The normalized spacial score (nSPS) is 20.5. The van der Waals surface area contributed by atoms with Crippen molar-refractivity contribution in [3.63, 3.8) is 0 Å². The number of hydrogen-bond acceptors (Lipinski definition) is 12. The fraction of sp³-hybridized carbons (Fsp3) is 0.491. The van der Waals surface area contributed by atoms with E-state index in [4.69, 9.17) is 17.2 Å². The molecule has 0 spiro atoms. The molecule has 77 heavy (non-hydrogen) atoms. The van der Waals surface area contributed by atoms with Crippen LogP contribution < -0.4 is 43.8 Å². The van der Waals surface area contributed by atoms with Gasteiger partial charge in [-0.1, -0.05) is 68.3 Å². The largest absolute Gasteiger partial charge is 0.370 e. The van der Waals surface area contributed by atoms with E-state index in [1.54, 1.807) is 36.5 Å². The third-order valence-electron chi connectivity index (χ3n) is 13.7. The van der Waals surface area contributed by atoms with Crippen LogP contribution in [-0.4, -0.2) is 117 Å². The average Bonchev–Trinajstić information content (AvgIpc) is 4.08. The minimum absolute atomic E-state index is 0.0279. The fourth-order valence-electron chi connectivity index (χ4n) is 9.43. The molecular formula is C55H74N12O10. The molecule has 0 unspecified atom stereocenters. The molecule has 0 bridgehead atoms. The molecular weight excluding hydrogens is 989 g/mol. The first kappa shape index (κ1) is 59.8. The van der Waals surface area contributed by atoms with Gasteiger partial charge in [-0.2, -0.15) is 0 Å². The van der Waals surface area contributed by atoms with Crippen LogP contribution in [0.4, 0.5) is 0 Å². The van der Waals surface area contributed by atoms with Crippen LogP contribution in [0.2, 0.25) is 0 Å². The van der Waals surface area contributed by atoms with Crippen LogP contribution in [0.15, 0.2) is 78.3 Å². The van der Waals surface area contributed by atoms with Crippen LogP contribution in [0.3, 0.4) is 0 Å². The molecule has 5 rings (SSSR count). The molecule has 22 nitrogen and oxygen atoms in total. The number of nitrogens with zero attached hydrogens (tertiary/aromatic N) is 2. The van der Waals surface area contributed by atoms with Crippen LogP contribution in [0.1, 0.15) is 114 Å². The van der Waals surface area contributed by atoms with Gasteiger partial charge in [0.2, 0.25) is 35.4 Å². The summed E-state index contributed by atoms with van der Waals surface area (Å²) in [5, 5.41) is 14.4. The number of carbonyl (C=O) groups is 10. The molecule has 2 aromatic heterocycles. The van der Waals surface area contributed by atoms with Crippen molar-refractivity contribution in [2.24, 2.45) is 39.9 Å². The summed E-state index contributed by atoms with van der Waals surface area (Å²) in [6.07, 6.45) is 4.19. The number of H-pyrrole nitrogens is 2. The van der Waals surface area contributed by atoms with Crippen molar-refractivity contribution in [1.82, 2.24) is 41.5 Å². The molecule has 1 fully saturated rings. The number of benzene rings is 2. The summed E-state index contributed by atoms with van der Waals surface area (Å²) in [7, 11) is 0. The van der Waals surface area contributed by atoms with Gasteiger partial charge >= 0.3 is 0 Å². The standard InChI is InChI=1S/C55H74N12O10/c1-3-4-15-43(64-33(2)68)52(75)65-44-19-17-40(69)18-20-50(73)60-23-21-36(48(71)28-37(51(56)74)25-38-30-62-42-16-9-8-14-41(38)42)26-47(70)35(13-10-22-61-55(57)58)27-49(72)45(24-34-11-6-5-7-12-34)66-54(77)46(67-53(44)76)29-39-31-59-32-63-39/h5-9,11-12,14,16,30-32,35-37,43-46,62H,3-4,10,13,15,17-29H2,1-2H3,(H2,56,74)(H,59,63)(H,60,73)(H,64,68)(H,65,75)(H,66,77)(H,67,76)(H4,57,58,61)/t35-,36-,37-,43+,44+,45-,46+/m1/s1. The van der Waals surface area contributed by atoms with Gasteiger partial charge in [0.15, 0.2) is 11.7 Å². The van der Waals surface area contributed by atoms with Crippen molar-refractivity contribution in [3.8, 4) is 0 Å². The van der Waals surface area contributed by atoms with Gasteiger partial charge in [0, 0.05) is 112 Å². The number of amides is 6. The number of aliphatic imine (C=N–C) groups is 1. The number of nitrogens with one attached hydrogen (secondary N) is 7. The Kier molecular flexibility index (Phi) is 23.7. The summed E-state index contributed by atoms with van der Waals surface area (Å²) >= 11 is 0. The summed E-state index contributed by atoms with van der Waals surface area (Å²) in [5.74, 6) is -9.17. The van der Waals surface area contributed by atoms with E-state index in [9.17, 15) is 47.9 Å². The monoisotopic (exact) mass is 1060 g/mol. The average molecular weight is 1060 g/mol. The zero-order chi connectivity index (χ0) is 55.9. The van der Waals surface area contributed by atoms with Gasteiger partial charge in [-0.3, -0.25) is 52.9 Å². The molecule has 0 radical (unpaired) electrons. The second-order valence-electron chi connectivity index (χ2n) is 19.8. The number of ketones is 4. The minimum atomic E-state index is -1.41. The highest BCUT2D eigenvalue weighted by Crippen LogP contribution is 2.27. The van der Waals surface area contributed by atoms with Gasteiger partial charge in [-0.15, -0.1) is 0 Å². The molecule has 1 aliphatic heterocycles. The van der Waals surface area contributed by atoms with E-state index in [-0.39, 0.29) is 103 Å². The molecule has 414 valence electrons. The number of carbonyl (C=O) groups excluding carboxylic acids is 10. The summed E-state index contributed by atoms with van der Waals surface area (Å²) in [4.78, 5) is 153. The van der Waals surface area contributed by atoms with Crippen LogP contribution in [0.25, 0.3) is 10.9 Å². The van der Waals surface area contributed by atoms with Crippen molar-refractivity contribution in [3.05, 3.63) is 90.1 Å². The lowest BCUT2D eigenvalue weighted by Gasteiger charge is -2.27. The number of hydrogen-bond donors (Lipinski definition) is 10. The molecule has 1 saturated heterocycles. The van der Waals surface area contributed by atoms with E-state index in [2.05, 4.69) is 46.5 Å². The number of primary amides is 1. The van der Waals surface area contributed by atoms with Crippen LogP contribution in [0, 0.1) is 17.8 Å². The Balaban J connectivity index is 1.51. The number of aromatic amines is 2. The molecule has 1 aliphatic rings. The molecule has 4 aromatic rings. The number of para-hydroxylation sites is 1. The first-order valence-electron chi connectivity index (χ1n) is 26.4. The number of guanidine groups is 1. The number of unbranched alkanes of at least 4 members (excludes halogenated alkanes) is 1. The third-order valence-corrected chi connectivity index (χ3v) is 13.7. The SMILES string of the molecule is CCCC[C@H](NC(C)=O)C(=O)N[C@H]1CCC(=O)CCC(=O)NCC[C@@H](C(=O)C[C@@H](Cc2c[nH]c3ccccc23)C(N)=O)CC(=O)[C@H](CCCN=C(N)N)CC(=O)[C@@H](Cc2ccccc2)NC(=O)[C@H](Cc2cnc[nH]2)NC1=O. The lowest BCUT2D eigenvalue weighted by Crippen LogP contribution is -2.58. The van der Waals surface area contributed by atoms with E-state index in [1.165, 1.54) is 19.4 Å². The van der Waals surface area contributed by atoms with Crippen molar-refractivity contribution in [1.29, 1.82) is 0 Å². The number of rotatable bonds is 20. The second kappa shape index (κ2) is 30.5. The molecule has 13 N–H and O–H groups in total. The third kappa shape index (κ3) is 19.9. The van der Waals surface area contributed by atoms with E-state index >= 15 is 0 Å². The van der Waals surface area contributed by atoms with Gasteiger partial charge < -0.3 is 53.8 Å². The smallest absolute Gasteiger partial charge is 0.243 e. The first-order chi connectivity index (χ1) is 36.9. The van der Waals surface area contributed by atoms with Gasteiger partial charge in [-0.25, -0.2) is 4.98 Å². The zero-order valence-electron chi connectivity index (χ0n) is 43.9. The highest BCUT2D eigenvalue weighted by atomic mass is 16.2. The van der Waals surface area contributed by atoms with Gasteiger partial charge in [-0.05, 0) is 62.1 Å². The molecule has 22 heteroatoms. The maximum atomic E-state index is 14.8. The molecule has 2 aromatic carbocycles. The fourth-order valence-corrected chi connectivity index (χ4v) is 9.43. The van der Waals surface area contributed by atoms with Gasteiger partial charge in [0.05, 0.1) is 12.4 Å². The van der Waals surface area contributed by atoms with E-state index in [0.29, 0.717) is 24.1 Å². The zero-order valence-corrected chi connectivity index (χ0v) is 43.9. The molecule has 3 heterocycles. The van der Waals surface area contributed by atoms with Crippen molar-refractivity contribution < 1.29 is 47.9 Å². The van der Waals surface area contributed by atoms with Crippen LogP contribution in [0.5, 0.6) is 0 Å². The second-order valence-corrected chi connectivity index (χ2v) is 19.8. The van der Waals surface area contributed by atoms with Gasteiger partial charge in [0.1, 0.15) is 35.5 Å². The number of fused-ring (bicyclic) bond motifs is 1. The highest BCUT2D eigenvalue weighted by molar-refractivity contribution is 5.98. The Morgan fingerprint density at radius 1 is 0.818 bits per heavy atom. The van der Waals surface area contributed by atoms with E-state index in [1.807, 2.05) is 31.2 Å². The molecule has 0 saturated carbocycles. The topological polar surface area (TPSA) is 366 Å². The van der Waals surface area contributed by atoms with E-state index in [0.717, 1.165) is 16.5 Å². The number of aromatic nitrogens is 3. The number of imidazole rings is 1. The number of Topliss-reactive ketones (excluding diaryl/α,β-unsaturated/α-hetero) is 4. The number of nitrogens with two attached hydrogens (primary N) is 3. The Hall–Kier alpha value is -8.04. The quantitative estimate of drug-likeness (QED) is 0.0344. The Morgan fingerprint density at radius 3 is 2.26 bits per heavy atom. The maximum absolute atomic E-state index is 14.8. The molecule has 6 amide bonds. The lowest BCUT2D eigenvalue weighted by molar-refractivity contribution is -0.135. The highest BCUT2D eigenvalue weighted by Gasteiger charge is 2.35. The predicted molar refractivity (Wildman–Crippen MR) is 287 cm³/mol. The summed E-state index contributed by atoms with van der Waals surface area (Å²) in [6.45, 7) is 3.18. The van der Waals surface area contributed by atoms with Crippen molar-refractivity contribution in [2.75, 3.05) is 13.1 Å². The predicted octanol–water partition coefficient (Wildman–Crippen LogP) is 1.98. The van der Waals surface area contributed by atoms with Crippen molar-refractivity contribution >= 4 is 75.4 Å². The molecule has 0 aliphatic carbocycles. The van der Waals surface area contributed by atoms with Crippen LogP contribution in [-0.2, 0) is 67.2 Å². The van der Waals surface area contributed by atoms with Gasteiger partial charge in [0.25, 0.3) is 0 Å². The van der Waals surface area contributed by atoms with Crippen LogP contribution >= 0.6 is 0 Å². The summed E-state index contributed by atoms with van der Waals surface area (Å²) < 4.78 is 0. The Bertz CT molecular complexity index is 2700. The Labute approximate surface area is 447 Å². The summed E-state index contributed by atoms with van der Waals surface area (Å²) in [5.41, 5.74) is 19.8. The minimum Gasteiger partial charge on any atom is -0.370 e. The first-order valence-corrected chi connectivity index (χ1v) is 26.4. The van der Waals surface area contributed by atoms with E-state index < -0.39 is 107 Å². The Morgan fingerprint density at radius 2 is 1.56 bits per heavy atom. The summed E-state index contributed by atoms with van der Waals surface area (Å²) in [6, 6.07) is 11.2. The maximum Gasteiger partial charge on any atom is 0.243 e. The van der Waals surface area contributed by atoms with Crippen molar-refractivity contribution in [2.45, 2.75) is 141 Å². The lowest BCUT2D eigenvalue weighted by atomic mass is 9.81. The molecule has 7 atom stereocenters.